The Kier molecular flexibility index (Phi) is 42.2. The van der Waals surface area contributed by atoms with Gasteiger partial charge < -0.3 is 24.6 Å². The first kappa shape index (κ1) is 54.1. The van der Waals surface area contributed by atoms with Gasteiger partial charge in [-0.15, -0.1) is 0 Å². The summed E-state index contributed by atoms with van der Waals surface area (Å²) in [4.78, 5) is 34.9. The molecule has 0 rings (SSSR count). The van der Waals surface area contributed by atoms with Gasteiger partial charge in [0.25, 0.3) is 0 Å². The average Bonchev–Trinajstić information content (AvgIpc) is 3.12. The standard InChI is InChI=1S/C40H79O10P.Na/c1-3-5-7-9-11-13-15-17-19-21-23-25-27-29-31-39(43)47-35-38(36-49-51(45,46)48-34-37(42)33-41)50-40(44)32-30-28-26-24-22-20-18-16-14-12-10-8-6-4-2;/h37-38,41-42H,3-36H2,1-2H3,(H,45,46);/q;+1/t37?,38-;/m1./s1. The van der Waals surface area contributed by atoms with E-state index in [2.05, 4.69) is 18.4 Å². The average molecular weight is 774 g/mol. The summed E-state index contributed by atoms with van der Waals surface area (Å²) in [6, 6.07) is 0. The van der Waals surface area contributed by atoms with E-state index in [4.69, 9.17) is 19.1 Å². The largest absolute Gasteiger partial charge is 1.00 e. The van der Waals surface area contributed by atoms with Crippen LogP contribution in [0.1, 0.15) is 206 Å². The molecule has 0 heterocycles. The maximum Gasteiger partial charge on any atom is 1.00 e. The van der Waals surface area contributed by atoms with Crippen molar-refractivity contribution in [3.05, 3.63) is 0 Å². The molecule has 0 saturated carbocycles. The number of phosphoric ester groups is 1. The molecule has 12 heteroatoms. The predicted molar refractivity (Wildman–Crippen MR) is 206 cm³/mol. The molecule has 3 N–H and O–H groups in total. The minimum atomic E-state index is -4.60. The number of carbonyl (C=O) groups excluding carboxylic acids is 2. The maximum atomic E-state index is 12.6. The normalized spacial score (nSPS) is 13.6. The fraction of sp³-hybridized carbons (Fsp3) is 0.950. The maximum absolute atomic E-state index is 12.6. The number of unbranched alkanes of at least 4 members (excludes halogenated alkanes) is 26. The van der Waals surface area contributed by atoms with Crippen LogP contribution in [0.4, 0.5) is 0 Å². The molecule has 3 atom stereocenters. The molecule has 0 aromatic heterocycles. The summed E-state index contributed by atoms with van der Waals surface area (Å²) in [6.07, 6.45) is 32.1. The van der Waals surface area contributed by atoms with Crippen molar-refractivity contribution >= 4 is 19.8 Å². The van der Waals surface area contributed by atoms with Crippen molar-refractivity contribution in [3.8, 4) is 0 Å². The fourth-order valence-corrected chi connectivity index (χ4v) is 6.78. The van der Waals surface area contributed by atoms with Crippen molar-refractivity contribution in [1.29, 1.82) is 0 Å². The zero-order valence-corrected chi connectivity index (χ0v) is 36.7. The van der Waals surface area contributed by atoms with Crippen LogP contribution in [0.15, 0.2) is 0 Å². The summed E-state index contributed by atoms with van der Waals surface area (Å²) >= 11 is 0. The van der Waals surface area contributed by atoms with Gasteiger partial charge in [-0.05, 0) is 12.8 Å². The number of hydrogen-bond acceptors (Lipinski definition) is 9. The smallest absolute Gasteiger partial charge is 0.462 e. The minimum Gasteiger partial charge on any atom is -0.462 e. The Balaban J connectivity index is 0. The Morgan fingerprint density at radius 1 is 0.519 bits per heavy atom. The van der Waals surface area contributed by atoms with Gasteiger partial charge in [-0.2, -0.15) is 0 Å². The number of phosphoric acid groups is 1. The molecule has 0 aliphatic heterocycles. The molecule has 0 saturated heterocycles. The van der Waals surface area contributed by atoms with Crippen LogP contribution in [0.3, 0.4) is 0 Å². The Hall–Kier alpha value is -0.0300. The number of rotatable bonds is 40. The predicted octanol–water partition coefficient (Wildman–Crippen LogP) is 7.68. The Morgan fingerprint density at radius 2 is 0.846 bits per heavy atom. The van der Waals surface area contributed by atoms with Crippen molar-refractivity contribution in [2.24, 2.45) is 0 Å². The second-order valence-electron chi connectivity index (χ2n) is 14.4. The molecule has 0 amide bonds. The number of aliphatic hydroxyl groups is 2. The second-order valence-corrected chi connectivity index (χ2v) is 15.8. The Bertz CT molecular complexity index is 834. The van der Waals surface area contributed by atoms with Gasteiger partial charge in [0, 0.05) is 12.8 Å². The number of hydrogen-bond donors (Lipinski definition) is 3. The molecule has 52 heavy (non-hydrogen) atoms. The van der Waals surface area contributed by atoms with E-state index in [1.807, 2.05) is 0 Å². The van der Waals surface area contributed by atoms with Gasteiger partial charge in [0.2, 0.25) is 0 Å². The molecule has 0 fully saturated rings. The molecule has 0 bridgehead atoms. The molecule has 10 nitrogen and oxygen atoms in total. The van der Waals surface area contributed by atoms with Crippen LogP contribution in [0.2, 0.25) is 0 Å². The van der Waals surface area contributed by atoms with Gasteiger partial charge in [0.15, 0.2) is 6.10 Å². The first-order valence-electron chi connectivity index (χ1n) is 21.0. The van der Waals surface area contributed by atoms with Crippen molar-refractivity contribution in [3.63, 3.8) is 0 Å². The third-order valence-electron chi connectivity index (χ3n) is 9.26. The molecule has 0 spiro atoms. The van der Waals surface area contributed by atoms with E-state index < -0.39 is 51.8 Å². The first-order chi connectivity index (χ1) is 24.7. The molecular weight excluding hydrogens is 694 g/mol. The van der Waals surface area contributed by atoms with Crippen LogP contribution in [0.25, 0.3) is 0 Å². The van der Waals surface area contributed by atoms with E-state index in [0.717, 1.165) is 32.1 Å². The van der Waals surface area contributed by atoms with Gasteiger partial charge in [0.05, 0.1) is 19.8 Å². The van der Waals surface area contributed by atoms with Crippen LogP contribution in [-0.4, -0.2) is 65.7 Å². The summed E-state index contributed by atoms with van der Waals surface area (Å²) in [5, 5.41) is 18.3. The summed E-state index contributed by atoms with van der Waals surface area (Å²) in [7, 11) is -4.60. The van der Waals surface area contributed by atoms with E-state index in [0.29, 0.717) is 12.8 Å². The third-order valence-corrected chi connectivity index (χ3v) is 10.2. The van der Waals surface area contributed by atoms with Gasteiger partial charge in [0.1, 0.15) is 12.7 Å². The van der Waals surface area contributed by atoms with E-state index in [9.17, 15) is 24.2 Å². The Morgan fingerprint density at radius 3 is 1.21 bits per heavy atom. The van der Waals surface area contributed by atoms with Crippen LogP contribution in [0, 0.1) is 0 Å². The van der Waals surface area contributed by atoms with Gasteiger partial charge >= 0.3 is 49.3 Å². The van der Waals surface area contributed by atoms with E-state index >= 15 is 0 Å². The molecule has 0 aromatic rings. The molecule has 2 unspecified atom stereocenters. The van der Waals surface area contributed by atoms with Crippen LogP contribution >= 0.6 is 7.82 Å². The molecule has 0 aliphatic rings. The number of esters is 2. The topological polar surface area (TPSA) is 149 Å². The Labute approximate surface area is 340 Å². The number of ether oxygens (including phenoxy) is 2. The van der Waals surface area contributed by atoms with Crippen molar-refractivity contribution < 1.29 is 77.3 Å². The monoisotopic (exact) mass is 774 g/mol. The molecule has 0 aliphatic carbocycles. The van der Waals surface area contributed by atoms with E-state index in [-0.39, 0.29) is 49.0 Å². The summed E-state index contributed by atoms with van der Waals surface area (Å²) in [5.41, 5.74) is 0. The second kappa shape index (κ2) is 40.6. The summed E-state index contributed by atoms with van der Waals surface area (Å²) < 4.78 is 32.7. The zero-order valence-electron chi connectivity index (χ0n) is 33.8. The molecular formula is C40H79NaO10P+. The van der Waals surface area contributed by atoms with E-state index in [1.165, 1.54) is 135 Å². The summed E-state index contributed by atoms with van der Waals surface area (Å²) in [5.74, 6) is -0.911. The van der Waals surface area contributed by atoms with Crippen molar-refractivity contribution in [2.75, 3.05) is 26.4 Å². The van der Waals surface area contributed by atoms with Crippen LogP contribution in [0.5, 0.6) is 0 Å². The van der Waals surface area contributed by atoms with Crippen LogP contribution in [-0.2, 0) is 32.7 Å². The number of aliphatic hydroxyl groups excluding tert-OH is 2. The van der Waals surface area contributed by atoms with E-state index in [1.54, 1.807) is 0 Å². The first-order valence-corrected chi connectivity index (χ1v) is 22.5. The SMILES string of the molecule is CCCCCCCCCCCCCCCCC(=O)OC[C@H](COP(=O)(O)OCC(O)CO)OC(=O)CCCCCCCCCCCCCCCC.[Na+]. The molecule has 304 valence electrons. The van der Waals surface area contributed by atoms with Gasteiger partial charge in [-0.1, -0.05) is 181 Å². The van der Waals surface area contributed by atoms with Gasteiger partial charge in [-0.3, -0.25) is 18.6 Å². The quantitative estimate of drug-likeness (QED) is 0.0245. The van der Waals surface area contributed by atoms with Crippen LogP contribution < -0.4 is 29.6 Å². The fourth-order valence-electron chi connectivity index (χ4n) is 5.99. The number of carbonyl (C=O) groups is 2. The molecule has 0 radical (unpaired) electrons. The molecule has 0 aromatic carbocycles. The summed E-state index contributed by atoms with van der Waals surface area (Å²) in [6.45, 7) is 2.41. The van der Waals surface area contributed by atoms with Crippen molar-refractivity contribution in [1.82, 2.24) is 0 Å². The zero-order chi connectivity index (χ0) is 37.7. The minimum absolute atomic E-state index is 0. The third kappa shape index (κ3) is 39.7. The van der Waals surface area contributed by atoms with Crippen molar-refractivity contribution in [2.45, 2.75) is 219 Å². The van der Waals surface area contributed by atoms with Gasteiger partial charge in [-0.25, -0.2) is 4.57 Å².